The highest BCUT2D eigenvalue weighted by Gasteiger charge is 2.09. The molecule has 0 aliphatic rings. The van der Waals surface area contributed by atoms with Crippen LogP contribution >= 0.6 is 0 Å². The van der Waals surface area contributed by atoms with Crippen LogP contribution in [-0.2, 0) is 4.79 Å². The zero-order valence-corrected chi connectivity index (χ0v) is 7.42. The van der Waals surface area contributed by atoms with E-state index < -0.39 is 0 Å². The summed E-state index contributed by atoms with van der Waals surface area (Å²) in [7, 11) is 3.51. The van der Waals surface area contributed by atoms with Crippen molar-refractivity contribution in [3.63, 3.8) is 0 Å². The van der Waals surface area contributed by atoms with Crippen molar-refractivity contribution in [2.45, 2.75) is 13.0 Å². The fourth-order valence-corrected chi connectivity index (χ4v) is 0.641. The number of amides is 1. The van der Waals surface area contributed by atoms with Crippen LogP contribution in [0.4, 0.5) is 0 Å². The van der Waals surface area contributed by atoms with E-state index in [1.54, 1.807) is 7.05 Å². The van der Waals surface area contributed by atoms with Gasteiger partial charge >= 0.3 is 0 Å². The first-order valence-electron chi connectivity index (χ1n) is 3.72. The molecule has 0 fully saturated rings. The number of nitrogens with zero attached hydrogens (tertiary/aromatic N) is 1. The molecule has 0 bridgehead atoms. The quantitative estimate of drug-likeness (QED) is 0.554. The number of nitrogens with one attached hydrogen (secondary N) is 1. The molecule has 4 nitrogen and oxygen atoms in total. The second-order valence-electron chi connectivity index (χ2n) is 2.67. The molecule has 66 valence electrons. The van der Waals surface area contributed by atoms with E-state index in [4.69, 9.17) is 5.73 Å². The third kappa shape index (κ3) is 3.95. The molecule has 0 aliphatic carbocycles. The summed E-state index contributed by atoms with van der Waals surface area (Å²) in [5, 5.41) is 2.55. The second-order valence-corrected chi connectivity index (χ2v) is 2.67. The number of nitrogens with two attached hydrogens (primary N) is 1. The minimum atomic E-state index is 0.0211. The minimum Gasteiger partial charge on any atom is -0.358 e. The standard InChI is InChI=1S/C7H17N3O/c1-6(4-8)10(3)5-7(11)9-2/h6H,4-5,8H2,1-3H3,(H,9,11). The topological polar surface area (TPSA) is 58.4 Å². The maximum atomic E-state index is 10.8. The van der Waals surface area contributed by atoms with E-state index in [0.717, 1.165) is 0 Å². The van der Waals surface area contributed by atoms with Gasteiger partial charge in [-0.25, -0.2) is 0 Å². The van der Waals surface area contributed by atoms with E-state index in [9.17, 15) is 4.79 Å². The zero-order chi connectivity index (χ0) is 8.85. The average Bonchev–Trinajstić information content (AvgIpc) is 2.02. The Labute approximate surface area is 67.7 Å². The molecule has 0 aromatic heterocycles. The van der Waals surface area contributed by atoms with E-state index in [-0.39, 0.29) is 11.9 Å². The second kappa shape index (κ2) is 5.09. The van der Waals surface area contributed by atoms with Crippen molar-refractivity contribution in [2.24, 2.45) is 5.73 Å². The Hall–Kier alpha value is -0.610. The number of carbonyl (C=O) groups excluding carboxylic acids is 1. The van der Waals surface area contributed by atoms with Crippen molar-refractivity contribution in [3.05, 3.63) is 0 Å². The summed E-state index contributed by atoms with van der Waals surface area (Å²) >= 11 is 0. The van der Waals surface area contributed by atoms with Crippen LogP contribution in [0.3, 0.4) is 0 Å². The van der Waals surface area contributed by atoms with Crippen LogP contribution in [0, 0.1) is 0 Å². The van der Waals surface area contributed by atoms with Crippen LogP contribution in [0.1, 0.15) is 6.92 Å². The average molecular weight is 159 g/mol. The van der Waals surface area contributed by atoms with Gasteiger partial charge in [-0.05, 0) is 14.0 Å². The van der Waals surface area contributed by atoms with Crippen molar-refractivity contribution in [2.75, 3.05) is 27.2 Å². The summed E-state index contributed by atoms with van der Waals surface area (Å²) in [6.45, 7) is 2.98. The SMILES string of the molecule is CNC(=O)CN(C)C(C)CN. The molecule has 0 spiro atoms. The first-order chi connectivity index (χ1) is 5.11. The molecule has 11 heavy (non-hydrogen) atoms. The van der Waals surface area contributed by atoms with Crippen LogP contribution in [0.5, 0.6) is 0 Å². The summed E-state index contributed by atoms with van der Waals surface area (Å²) in [6.07, 6.45) is 0. The van der Waals surface area contributed by atoms with Crippen LogP contribution in [0.15, 0.2) is 0 Å². The molecule has 0 saturated carbocycles. The molecule has 0 rings (SSSR count). The molecular formula is C7H17N3O. The normalized spacial score (nSPS) is 13.2. The highest BCUT2D eigenvalue weighted by Crippen LogP contribution is 1.90. The summed E-state index contributed by atoms with van der Waals surface area (Å²) in [5.74, 6) is 0.0211. The Kier molecular flexibility index (Phi) is 4.81. The van der Waals surface area contributed by atoms with Gasteiger partial charge in [0, 0.05) is 19.6 Å². The van der Waals surface area contributed by atoms with Crippen LogP contribution in [0.25, 0.3) is 0 Å². The van der Waals surface area contributed by atoms with Gasteiger partial charge in [0.2, 0.25) is 5.91 Å². The molecule has 1 unspecified atom stereocenters. The van der Waals surface area contributed by atoms with Crippen molar-refractivity contribution in [1.29, 1.82) is 0 Å². The third-order valence-electron chi connectivity index (χ3n) is 1.77. The van der Waals surface area contributed by atoms with E-state index in [1.165, 1.54) is 0 Å². The number of carbonyl (C=O) groups is 1. The Balaban J connectivity index is 3.67. The van der Waals surface area contributed by atoms with Gasteiger partial charge in [-0.15, -0.1) is 0 Å². The molecule has 0 aliphatic heterocycles. The molecule has 0 saturated heterocycles. The van der Waals surface area contributed by atoms with Gasteiger partial charge in [0.1, 0.15) is 0 Å². The smallest absolute Gasteiger partial charge is 0.233 e. The predicted octanol–water partition coefficient (Wildman–Crippen LogP) is -0.989. The molecule has 3 N–H and O–H groups in total. The molecular weight excluding hydrogens is 142 g/mol. The van der Waals surface area contributed by atoms with Crippen molar-refractivity contribution >= 4 is 5.91 Å². The summed E-state index contributed by atoms with van der Waals surface area (Å²) in [6, 6.07) is 0.257. The van der Waals surface area contributed by atoms with Gasteiger partial charge in [-0.1, -0.05) is 0 Å². The summed E-state index contributed by atoms with van der Waals surface area (Å²) < 4.78 is 0. The predicted molar refractivity (Wildman–Crippen MR) is 45.2 cm³/mol. The van der Waals surface area contributed by atoms with Crippen molar-refractivity contribution in [1.82, 2.24) is 10.2 Å². The lowest BCUT2D eigenvalue weighted by atomic mass is 10.3. The maximum absolute atomic E-state index is 10.8. The first-order valence-corrected chi connectivity index (χ1v) is 3.72. The van der Waals surface area contributed by atoms with Gasteiger partial charge in [0.15, 0.2) is 0 Å². The lowest BCUT2D eigenvalue weighted by Crippen LogP contribution is -2.41. The molecule has 0 aromatic rings. The van der Waals surface area contributed by atoms with E-state index >= 15 is 0 Å². The highest BCUT2D eigenvalue weighted by atomic mass is 16.1. The molecule has 0 radical (unpaired) electrons. The third-order valence-corrected chi connectivity index (χ3v) is 1.77. The van der Waals surface area contributed by atoms with Crippen LogP contribution in [0.2, 0.25) is 0 Å². The number of hydrogen-bond donors (Lipinski definition) is 2. The van der Waals surface area contributed by atoms with Crippen molar-refractivity contribution in [3.8, 4) is 0 Å². The van der Waals surface area contributed by atoms with Gasteiger partial charge in [-0.3, -0.25) is 9.69 Å². The summed E-state index contributed by atoms with van der Waals surface area (Å²) in [4.78, 5) is 12.8. The Morgan fingerprint density at radius 1 is 1.73 bits per heavy atom. The number of hydrogen-bond acceptors (Lipinski definition) is 3. The van der Waals surface area contributed by atoms with E-state index in [0.29, 0.717) is 13.1 Å². The molecule has 1 amide bonds. The van der Waals surface area contributed by atoms with Crippen LogP contribution in [-0.4, -0.2) is 44.0 Å². The van der Waals surface area contributed by atoms with Gasteiger partial charge < -0.3 is 11.1 Å². The largest absolute Gasteiger partial charge is 0.358 e. The highest BCUT2D eigenvalue weighted by molar-refractivity contribution is 5.77. The van der Waals surface area contributed by atoms with Gasteiger partial charge in [-0.2, -0.15) is 0 Å². The Morgan fingerprint density at radius 3 is 2.64 bits per heavy atom. The number of rotatable bonds is 4. The molecule has 0 heterocycles. The number of likely N-dealkylation sites (N-methyl/N-ethyl adjacent to an activating group) is 2. The Bertz CT molecular complexity index is 127. The van der Waals surface area contributed by atoms with Crippen molar-refractivity contribution < 1.29 is 4.79 Å². The minimum absolute atomic E-state index is 0.0211. The molecule has 0 aromatic carbocycles. The van der Waals surface area contributed by atoms with E-state index in [1.807, 2.05) is 18.9 Å². The molecule has 1 atom stereocenters. The lowest BCUT2D eigenvalue weighted by Gasteiger charge is -2.21. The lowest BCUT2D eigenvalue weighted by molar-refractivity contribution is -0.121. The fourth-order valence-electron chi connectivity index (χ4n) is 0.641. The molecule has 4 heteroatoms. The maximum Gasteiger partial charge on any atom is 0.233 e. The van der Waals surface area contributed by atoms with Gasteiger partial charge in [0.25, 0.3) is 0 Å². The van der Waals surface area contributed by atoms with Gasteiger partial charge in [0.05, 0.1) is 6.54 Å². The monoisotopic (exact) mass is 159 g/mol. The Morgan fingerprint density at radius 2 is 2.27 bits per heavy atom. The fraction of sp³-hybridized carbons (Fsp3) is 0.857. The summed E-state index contributed by atoms with van der Waals surface area (Å²) in [5.41, 5.74) is 5.42. The van der Waals surface area contributed by atoms with Crippen LogP contribution < -0.4 is 11.1 Å². The zero-order valence-electron chi connectivity index (χ0n) is 7.42. The first kappa shape index (κ1) is 10.4. The van der Waals surface area contributed by atoms with E-state index in [2.05, 4.69) is 5.32 Å².